The third kappa shape index (κ3) is 4.23. The van der Waals surface area contributed by atoms with Gasteiger partial charge in [-0.3, -0.25) is 4.31 Å². The first-order valence-corrected chi connectivity index (χ1v) is 11.0. The highest BCUT2D eigenvalue weighted by atomic mass is 35.5. The molecule has 13 heteroatoms. The van der Waals surface area contributed by atoms with Crippen LogP contribution in [0.25, 0.3) is 10.7 Å². The lowest BCUT2D eigenvalue weighted by atomic mass is 10.3. The molecule has 1 aliphatic rings. The lowest BCUT2D eigenvalue weighted by molar-refractivity contribution is -0.159. The van der Waals surface area contributed by atoms with E-state index in [4.69, 9.17) is 11.6 Å². The first kappa shape index (κ1) is 20.1. The highest BCUT2D eigenvalue weighted by Gasteiger charge is 2.41. The van der Waals surface area contributed by atoms with Crippen LogP contribution in [0.1, 0.15) is 23.7 Å². The predicted molar refractivity (Wildman–Crippen MR) is 100.0 cm³/mol. The number of alkyl halides is 3. The Labute approximate surface area is 172 Å². The number of hydrogen-bond acceptors (Lipinski definition) is 7. The van der Waals surface area contributed by atoms with Crippen LogP contribution < -0.4 is 4.31 Å². The van der Waals surface area contributed by atoms with Crippen LogP contribution in [0, 0.1) is 0 Å². The molecule has 1 saturated carbocycles. The van der Waals surface area contributed by atoms with Crippen molar-refractivity contribution in [1.82, 2.24) is 15.1 Å². The largest absolute Gasteiger partial charge is 0.471 e. The minimum absolute atomic E-state index is 0.0895. The molecule has 0 N–H and O–H groups in total. The number of halogens is 4. The molecule has 1 aliphatic carbocycles. The minimum atomic E-state index is -4.75. The van der Waals surface area contributed by atoms with Crippen molar-refractivity contribution in [2.75, 3.05) is 4.31 Å². The van der Waals surface area contributed by atoms with E-state index < -0.39 is 27.3 Å². The van der Waals surface area contributed by atoms with Crippen LogP contribution in [0.15, 0.2) is 35.0 Å². The summed E-state index contributed by atoms with van der Waals surface area (Å²) >= 11 is 6.99. The normalized spacial score (nSPS) is 14.9. The molecule has 0 unspecified atom stereocenters. The van der Waals surface area contributed by atoms with Crippen LogP contribution in [0.3, 0.4) is 0 Å². The van der Waals surface area contributed by atoms with Gasteiger partial charge in [-0.2, -0.15) is 18.2 Å². The van der Waals surface area contributed by atoms with Gasteiger partial charge in [0.1, 0.15) is 5.01 Å². The number of rotatable bonds is 6. The number of benzene rings is 1. The molecule has 154 valence electrons. The van der Waals surface area contributed by atoms with E-state index in [1.54, 1.807) is 18.2 Å². The molecular formula is C16H12ClF3N4O3S2. The number of thiazole rings is 1. The molecule has 4 rings (SSSR count). The van der Waals surface area contributed by atoms with Gasteiger partial charge in [0, 0.05) is 11.2 Å². The van der Waals surface area contributed by atoms with E-state index in [9.17, 15) is 21.6 Å². The van der Waals surface area contributed by atoms with Gasteiger partial charge in [0.2, 0.25) is 15.8 Å². The summed E-state index contributed by atoms with van der Waals surface area (Å²) in [5, 5.41) is 3.59. The number of nitrogens with zero attached hydrogens (tertiary/aromatic N) is 4. The summed E-state index contributed by atoms with van der Waals surface area (Å²) in [5.74, 6) is -1.72. The smallest absolute Gasteiger partial charge is 0.329 e. The summed E-state index contributed by atoms with van der Waals surface area (Å²) in [7, 11) is -3.62. The van der Waals surface area contributed by atoms with Gasteiger partial charge in [0.25, 0.3) is 0 Å². The topological polar surface area (TPSA) is 89.2 Å². The zero-order valence-electron chi connectivity index (χ0n) is 14.4. The Kier molecular flexibility index (Phi) is 5.03. The molecular weight excluding hydrogens is 453 g/mol. The number of anilines is 1. The van der Waals surface area contributed by atoms with Crippen LogP contribution in [0.2, 0.25) is 5.02 Å². The Balaban J connectivity index is 1.63. The molecule has 0 radical (unpaired) electrons. The molecule has 1 fully saturated rings. The molecule has 29 heavy (non-hydrogen) atoms. The first-order valence-electron chi connectivity index (χ1n) is 8.28. The highest BCUT2D eigenvalue weighted by Crippen LogP contribution is 2.36. The molecule has 0 atom stereocenters. The third-order valence-corrected chi connectivity index (χ3v) is 7.55. The molecule has 1 aromatic carbocycles. The number of hydrogen-bond donors (Lipinski definition) is 0. The zero-order valence-corrected chi connectivity index (χ0v) is 16.8. The summed E-state index contributed by atoms with van der Waals surface area (Å²) < 4.78 is 69.1. The SMILES string of the molecule is O=S(=O)(C1CC1)N(Cc1ncc(-c2noc(C(F)(F)F)n2)s1)c1cccc(Cl)c1. The predicted octanol–water partition coefficient (Wildman–Crippen LogP) is 4.36. The van der Waals surface area contributed by atoms with Crippen LogP contribution in [0.5, 0.6) is 0 Å². The quantitative estimate of drug-likeness (QED) is 0.538. The fraction of sp³-hybridized carbons (Fsp3) is 0.312. The van der Waals surface area contributed by atoms with E-state index in [1.807, 2.05) is 0 Å². The molecule has 2 aromatic heterocycles. The minimum Gasteiger partial charge on any atom is -0.329 e. The number of sulfonamides is 1. The van der Waals surface area contributed by atoms with Crippen molar-refractivity contribution in [3.63, 3.8) is 0 Å². The monoisotopic (exact) mass is 464 g/mol. The zero-order chi connectivity index (χ0) is 20.8. The Bertz CT molecular complexity index is 1140. The van der Waals surface area contributed by atoms with E-state index in [2.05, 4.69) is 19.6 Å². The average Bonchev–Trinajstić information content (AvgIpc) is 3.21. The van der Waals surface area contributed by atoms with Gasteiger partial charge in [-0.1, -0.05) is 22.8 Å². The van der Waals surface area contributed by atoms with Gasteiger partial charge < -0.3 is 4.52 Å². The van der Waals surface area contributed by atoms with E-state index in [1.165, 1.54) is 16.6 Å². The van der Waals surface area contributed by atoms with E-state index in [-0.39, 0.29) is 17.2 Å². The Morgan fingerprint density at radius 3 is 2.69 bits per heavy atom. The Morgan fingerprint density at radius 2 is 2.07 bits per heavy atom. The molecule has 0 amide bonds. The molecule has 3 aromatic rings. The number of aromatic nitrogens is 3. The summed E-state index contributed by atoms with van der Waals surface area (Å²) in [6, 6.07) is 6.42. The van der Waals surface area contributed by atoms with Gasteiger partial charge in [0.15, 0.2) is 0 Å². The maximum atomic E-state index is 12.9. The third-order valence-electron chi connectivity index (χ3n) is 4.07. The summed E-state index contributed by atoms with van der Waals surface area (Å²) in [5.41, 5.74) is 0.389. The molecule has 7 nitrogen and oxygen atoms in total. The lowest BCUT2D eigenvalue weighted by Crippen LogP contribution is -2.33. The van der Waals surface area contributed by atoms with Gasteiger partial charge in [-0.25, -0.2) is 13.4 Å². The lowest BCUT2D eigenvalue weighted by Gasteiger charge is -2.23. The Hall–Kier alpha value is -2.18. The van der Waals surface area contributed by atoms with Crippen molar-refractivity contribution in [3.8, 4) is 10.7 Å². The summed E-state index contributed by atoms with van der Waals surface area (Å²) in [4.78, 5) is 7.67. The van der Waals surface area contributed by atoms with E-state index in [0.29, 0.717) is 28.6 Å². The van der Waals surface area contributed by atoms with Crippen LogP contribution in [-0.4, -0.2) is 28.8 Å². The fourth-order valence-electron chi connectivity index (χ4n) is 2.55. The second-order valence-corrected chi connectivity index (χ2v) is 9.96. The summed E-state index contributed by atoms with van der Waals surface area (Å²) in [6.07, 6.45) is -2.32. The molecule has 2 heterocycles. The van der Waals surface area contributed by atoms with Crippen molar-refractivity contribution in [2.24, 2.45) is 0 Å². The van der Waals surface area contributed by atoms with E-state index in [0.717, 1.165) is 11.3 Å². The van der Waals surface area contributed by atoms with Crippen molar-refractivity contribution < 1.29 is 26.1 Å². The molecule has 0 bridgehead atoms. The van der Waals surface area contributed by atoms with Crippen LogP contribution >= 0.6 is 22.9 Å². The van der Waals surface area contributed by atoms with Crippen molar-refractivity contribution >= 4 is 38.6 Å². The second-order valence-electron chi connectivity index (χ2n) is 6.27. The molecule has 0 aliphatic heterocycles. The molecule has 0 spiro atoms. The van der Waals surface area contributed by atoms with Gasteiger partial charge in [-0.05, 0) is 31.0 Å². The average molecular weight is 465 g/mol. The first-order chi connectivity index (χ1) is 13.6. The van der Waals surface area contributed by atoms with Gasteiger partial charge in [0.05, 0.1) is 22.4 Å². The van der Waals surface area contributed by atoms with Crippen molar-refractivity contribution in [1.29, 1.82) is 0 Å². The highest BCUT2D eigenvalue weighted by molar-refractivity contribution is 7.93. The maximum Gasteiger partial charge on any atom is 0.471 e. The van der Waals surface area contributed by atoms with Gasteiger partial charge in [-0.15, -0.1) is 11.3 Å². The summed E-state index contributed by atoms with van der Waals surface area (Å²) in [6.45, 7) is -0.0895. The van der Waals surface area contributed by atoms with E-state index >= 15 is 0 Å². The standard InChI is InChI=1S/C16H12ClF3N4O3S2/c17-9-2-1-3-10(6-9)24(29(25,26)11-4-5-11)8-13-21-7-12(28-13)14-22-15(27-23-14)16(18,19)20/h1-3,6-7,11H,4-5,8H2. The second kappa shape index (κ2) is 7.26. The van der Waals surface area contributed by atoms with Crippen LogP contribution in [0.4, 0.5) is 18.9 Å². The molecule has 0 saturated heterocycles. The Morgan fingerprint density at radius 1 is 1.31 bits per heavy atom. The van der Waals surface area contributed by atoms with Crippen LogP contribution in [-0.2, 0) is 22.7 Å². The van der Waals surface area contributed by atoms with Crippen molar-refractivity contribution in [3.05, 3.63) is 46.4 Å². The van der Waals surface area contributed by atoms with Crippen molar-refractivity contribution in [2.45, 2.75) is 30.8 Å². The fourth-order valence-corrected chi connectivity index (χ4v) is 5.45. The van der Waals surface area contributed by atoms with Gasteiger partial charge >= 0.3 is 12.1 Å². The maximum absolute atomic E-state index is 12.9.